The highest BCUT2D eigenvalue weighted by Gasteiger charge is 2.21. The van der Waals surface area contributed by atoms with E-state index in [0.29, 0.717) is 12.0 Å². The van der Waals surface area contributed by atoms with E-state index in [-0.39, 0.29) is 18.2 Å². The Morgan fingerprint density at radius 1 is 0.971 bits per heavy atom. The normalized spacial score (nSPS) is 12.4. The number of unbranched alkanes of at least 4 members (excludes halogenated alkanes) is 1. The van der Waals surface area contributed by atoms with Crippen molar-refractivity contribution in [3.05, 3.63) is 77.9 Å². The minimum absolute atomic E-state index is 0.335. The number of rotatable bonds is 12. The summed E-state index contributed by atoms with van der Waals surface area (Å²) in [4.78, 5) is 26.2. The first kappa shape index (κ1) is 25.9. The quantitative estimate of drug-likeness (QED) is 0.358. The molecule has 3 aromatic carbocycles. The van der Waals surface area contributed by atoms with E-state index in [9.17, 15) is 18.0 Å². The van der Waals surface area contributed by atoms with E-state index in [4.69, 9.17) is 0 Å². The van der Waals surface area contributed by atoms with Gasteiger partial charge in [0.1, 0.15) is 0 Å². The molecule has 0 fully saturated rings. The molecule has 180 valence electrons. The summed E-state index contributed by atoms with van der Waals surface area (Å²) in [5.41, 5.74) is 1.69. The molecular weight excluding hydrogens is 468 g/mol. The van der Waals surface area contributed by atoms with Gasteiger partial charge >= 0.3 is 0 Å². The standard InChI is InChI=1S/C26H30N2O4S2/c1-3-4-9-24(25(29)17-27-34(2,31)32)28-26(30)21-12-14-23(15-13-21)33-18-19-10-11-20-7-5-6-8-22(20)16-19/h5-8,10-16,24,27H,3-4,9,17-18H2,1-2H3,(H,28,30). The van der Waals surface area contributed by atoms with Gasteiger partial charge in [-0.1, -0.05) is 62.2 Å². The maximum absolute atomic E-state index is 12.7. The first-order valence-electron chi connectivity index (χ1n) is 11.2. The molecule has 0 heterocycles. The fraction of sp³-hybridized carbons (Fsp3) is 0.308. The highest BCUT2D eigenvalue weighted by Crippen LogP contribution is 2.25. The third-order valence-corrected chi connectivity index (χ3v) is 7.14. The zero-order valence-corrected chi connectivity index (χ0v) is 21.0. The lowest BCUT2D eigenvalue weighted by Crippen LogP contribution is -2.45. The zero-order chi connectivity index (χ0) is 24.6. The Morgan fingerprint density at radius 2 is 1.68 bits per heavy atom. The number of benzene rings is 3. The largest absolute Gasteiger partial charge is 0.342 e. The van der Waals surface area contributed by atoms with Crippen molar-refractivity contribution >= 4 is 44.2 Å². The molecule has 1 unspecified atom stereocenters. The fourth-order valence-corrected chi connectivity index (χ4v) is 4.73. The van der Waals surface area contributed by atoms with Crippen LogP contribution in [0.3, 0.4) is 0 Å². The van der Waals surface area contributed by atoms with Crippen LogP contribution in [0.25, 0.3) is 10.8 Å². The number of Topliss-reactive ketones (excluding diaryl/α,β-unsaturated/α-hetero) is 1. The van der Waals surface area contributed by atoms with Gasteiger partial charge in [-0.2, -0.15) is 0 Å². The fourth-order valence-electron chi connectivity index (χ4n) is 3.49. The second-order valence-electron chi connectivity index (χ2n) is 8.22. The summed E-state index contributed by atoms with van der Waals surface area (Å²) in [7, 11) is -3.48. The molecule has 0 aliphatic heterocycles. The lowest BCUT2D eigenvalue weighted by atomic mass is 10.0. The average Bonchev–Trinajstić information content (AvgIpc) is 2.83. The van der Waals surface area contributed by atoms with Gasteiger partial charge in [0, 0.05) is 16.2 Å². The summed E-state index contributed by atoms with van der Waals surface area (Å²) in [5, 5.41) is 5.20. The molecule has 0 aliphatic carbocycles. The molecule has 0 saturated carbocycles. The van der Waals surface area contributed by atoms with Crippen LogP contribution in [-0.2, 0) is 20.6 Å². The van der Waals surface area contributed by atoms with Gasteiger partial charge in [0.15, 0.2) is 5.78 Å². The Bertz CT molecular complexity index is 1240. The zero-order valence-electron chi connectivity index (χ0n) is 19.4. The monoisotopic (exact) mass is 498 g/mol. The number of hydrogen-bond acceptors (Lipinski definition) is 5. The van der Waals surface area contributed by atoms with Crippen LogP contribution < -0.4 is 10.0 Å². The van der Waals surface area contributed by atoms with Gasteiger partial charge in [-0.05, 0) is 47.0 Å². The smallest absolute Gasteiger partial charge is 0.251 e. The topological polar surface area (TPSA) is 92.3 Å². The van der Waals surface area contributed by atoms with Gasteiger partial charge in [-0.3, -0.25) is 9.59 Å². The number of hydrogen-bond donors (Lipinski definition) is 2. The van der Waals surface area contributed by atoms with Crippen LogP contribution in [-0.4, -0.2) is 39.0 Å². The molecule has 0 aromatic heterocycles. The number of carbonyl (C=O) groups is 2. The van der Waals surface area contributed by atoms with Crippen LogP contribution >= 0.6 is 11.8 Å². The minimum atomic E-state index is -3.48. The molecule has 3 rings (SSSR count). The highest BCUT2D eigenvalue weighted by molar-refractivity contribution is 7.98. The van der Waals surface area contributed by atoms with Crippen molar-refractivity contribution in [3.8, 4) is 0 Å². The summed E-state index contributed by atoms with van der Waals surface area (Å²) in [6.45, 7) is 1.66. The van der Waals surface area contributed by atoms with Crippen molar-refractivity contribution in [3.63, 3.8) is 0 Å². The van der Waals surface area contributed by atoms with Crippen molar-refractivity contribution < 1.29 is 18.0 Å². The molecule has 1 atom stereocenters. The van der Waals surface area contributed by atoms with Crippen LogP contribution in [0.15, 0.2) is 71.6 Å². The lowest BCUT2D eigenvalue weighted by molar-refractivity contribution is -0.120. The average molecular weight is 499 g/mol. The van der Waals surface area contributed by atoms with E-state index in [2.05, 4.69) is 40.4 Å². The summed E-state index contributed by atoms with van der Waals surface area (Å²) in [6, 6.07) is 21.3. The van der Waals surface area contributed by atoms with Gasteiger partial charge in [0.05, 0.1) is 18.8 Å². The Labute approximate surface area is 205 Å². The van der Waals surface area contributed by atoms with Crippen molar-refractivity contribution in [1.29, 1.82) is 0 Å². The van der Waals surface area contributed by atoms with Gasteiger partial charge in [0.25, 0.3) is 5.91 Å². The predicted octanol–water partition coefficient (Wildman–Crippen LogP) is 4.54. The summed E-state index contributed by atoms with van der Waals surface area (Å²) < 4.78 is 24.8. The SMILES string of the molecule is CCCCC(NC(=O)c1ccc(SCc2ccc3ccccc3c2)cc1)C(=O)CNS(C)(=O)=O. The van der Waals surface area contributed by atoms with Crippen molar-refractivity contribution in [2.45, 2.75) is 42.9 Å². The minimum Gasteiger partial charge on any atom is -0.342 e. The van der Waals surface area contributed by atoms with E-state index < -0.39 is 16.1 Å². The van der Waals surface area contributed by atoms with Gasteiger partial charge < -0.3 is 5.32 Å². The van der Waals surface area contributed by atoms with Crippen LogP contribution in [0.2, 0.25) is 0 Å². The summed E-state index contributed by atoms with van der Waals surface area (Å²) >= 11 is 1.69. The van der Waals surface area contributed by atoms with Gasteiger partial charge in [-0.15, -0.1) is 11.8 Å². The molecule has 0 saturated heterocycles. The van der Waals surface area contributed by atoms with E-state index in [0.717, 1.165) is 29.7 Å². The summed E-state index contributed by atoms with van der Waals surface area (Å²) in [6.07, 6.45) is 3.08. The second-order valence-corrected chi connectivity index (χ2v) is 11.1. The van der Waals surface area contributed by atoms with E-state index in [1.165, 1.54) is 16.3 Å². The number of sulfonamides is 1. The molecule has 0 spiro atoms. The Kier molecular flexibility index (Phi) is 9.27. The Balaban J connectivity index is 1.58. The third kappa shape index (κ3) is 7.97. The van der Waals surface area contributed by atoms with E-state index in [1.54, 1.807) is 23.9 Å². The van der Waals surface area contributed by atoms with Gasteiger partial charge in [0.2, 0.25) is 10.0 Å². The molecule has 0 bridgehead atoms. The Morgan fingerprint density at radius 3 is 2.35 bits per heavy atom. The maximum Gasteiger partial charge on any atom is 0.251 e. The molecule has 6 nitrogen and oxygen atoms in total. The van der Waals surface area contributed by atoms with E-state index in [1.807, 2.05) is 31.2 Å². The first-order valence-corrected chi connectivity index (χ1v) is 14.1. The third-order valence-electron chi connectivity index (χ3n) is 5.38. The molecule has 8 heteroatoms. The number of amides is 1. The second kappa shape index (κ2) is 12.1. The van der Waals surface area contributed by atoms with Crippen molar-refractivity contribution in [1.82, 2.24) is 10.0 Å². The molecule has 34 heavy (non-hydrogen) atoms. The summed E-state index contributed by atoms with van der Waals surface area (Å²) in [5.74, 6) is 0.117. The van der Waals surface area contributed by atoms with Crippen molar-refractivity contribution in [2.75, 3.05) is 12.8 Å². The first-order chi connectivity index (χ1) is 16.2. The van der Waals surface area contributed by atoms with Crippen molar-refractivity contribution in [2.24, 2.45) is 0 Å². The molecule has 0 aliphatic rings. The maximum atomic E-state index is 12.7. The van der Waals surface area contributed by atoms with Gasteiger partial charge in [-0.25, -0.2) is 13.1 Å². The molecular formula is C26H30N2O4S2. The molecule has 3 aromatic rings. The van der Waals surface area contributed by atoms with E-state index >= 15 is 0 Å². The molecule has 2 N–H and O–H groups in total. The van der Waals surface area contributed by atoms with Crippen LogP contribution in [0.5, 0.6) is 0 Å². The number of carbonyl (C=O) groups excluding carboxylic acids is 2. The van der Waals surface area contributed by atoms with Crippen LogP contribution in [0.1, 0.15) is 42.1 Å². The Hall–Kier alpha value is -2.68. The van der Waals surface area contributed by atoms with Crippen LogP contribution in [0.4, 0.5) is 0 Å². The molecule has 0 radical (unpaired) electrons. The number of fused-ring (bicyclic) bond motifs is 1. The predicted molar refractivity (Wildman–Crippen MR) is 139 cm³/mol. The number of ketones is 1. The highest BCUT2D eigenvalue weighted by atomic mass is 32.2. The van der Waals surface area contributed by atoms with Crippen LogP contribution in [0, 0.1) is 0 Å². The molecule has 1 amide bonds. The number of thioether (sulfide) groups is 1. The number of nitrogens with one attached hydrogen (secondary N) is 2. The lowest BCUT2D eigenvalue weighted by Gasteiger charge is -2.18.